The predicted molar refractivity (Wildman–Crippen MR) is 84.0 cm³/mol. The number of carbonyl (C=O) groups excluding carboxylic acids is 1. The largest absolute Gasteiger partial charge is 0.494 e. The molecule has 2 aromatic carbocycles. The standard InChI is InChI=1S/C18H19NO2/c1-3-21-16-10-8-14(9-11-16)18(20)19-13(2)12-15-6-4-5-7-17(15)19/h4-11,13H,3,12H2,1-2H3. The molecule has 0 radical (unpaired) electrons. The summed E-state index contributed by atoms with van der Waals surface area (Å²) in [5.74, 6) is 0.847. The van der Waals surface area contributed by atoms with E-state index in [0.717, 1.165) is 17.9 Å². The molecule has 1 aliphatic rings. The zero-order valence-corrected chi connectivity index (χ0v) is 12.4. The van der Waals surface area contributed by atoms with E-state index >= 15 is 0 Å². The minimum absolute atomic E-state index is 0.0514. The minimum atomic E-state index is 0.0514. The highest BCUT2D eigenvalue weighted by molar-refractivity contribution is 6.07. The third-order valence-electron chi connectivity index (χ3n) is 3.84. The van der Waals surface area contributed by atoms with Crippen molar-refractivity contribution in [2.24, 2.45) is 0 Å². The smallest absolute Gasteiger partial charge is 0.258 e. The van der Waals surface area contributed by atoms with E-state index in [1.807, 2.05) is 54.3 Å². The first kappa shape index (κ1) is 13.7. The van der Waals surface area contributed by atoms with Crippen molar-refractivity contribution in [3.63, 3.8) is 0 Å². The molecule has 3 heteroatoms. The van der Waals surface area contributed by atoms with Gasteiger partial charge in [0.15, 0.2) is 0 Å². The summed E-state index contributed by atoms with van der Waals surface area (Å²) in [5.41, 5.74) is 2.97. The van der Waals surface area contributed by atoms with Crippen molar-refractivity contribution in [3.8, 4) is 5.75 Å². The molecule has 21 heavy (non-hydrogen) atoms. The number of para-hydroxylation sites is 1. The Kier molecular flexibility index (Phi) is 3.65. The monoisotopic (exact) mass is 281 g/mol. The van der Waals surface area contributed by atoms with Crippen LogP contribution in [0.1, 0.15) is 29.8 Å². The van der Waals surface area contributed by atoms with Gasteiger partial charge in [0.25, 0.3) is 5.91 Å². The van der Waals surface area contributed by atoms with Gasteiger partial charge in [-0.3, -0.25) is 4.79 Å². The summed E-state index contributed by atoms with van der Waals surface area (Å²) in [6.07, 6.45) is 0.916. The van der Waals surface area contributed by atoms with Crippen LogP contribution in [0.4, 0.5) is 5.69 Å². The molecule has 0 bridgehead atoms. The first-order valence-electron chi connectivity index (χ1n) is 7.35. The van der Waals surface area contributed by atoms with Crippen LogP contribution in [0.25, 0.3) is 0 Å². The van der Waals surface area contributed by atoms with Crippen molar-refractivity contribution in [1.29, 1.82) is 0 Å². The molecule has 0 saturated heterocycles. The lowest BCUT2D eigenvalue weighted by Crippen LogP contribution is -2.35. The Bertz CT molecular complexity index is 649. The maximum atomic E-state index is 12.8. The zero-order chi connectivity index (χ0) is 14.8. The fourth-order valence-electron chi connectivity index (χ4n) is 2.87. The quantitative estimate of drug-likeness (QED) is 0.859. The number of rotatable bonds is 3. The Morgan fingerprint density at radius 3 is 2.62 bits per heavy atom. The average Bonchev–Trinajstić information content (AvgIpc) is 2.83. The van der Waals surface area contributed by atoms with Crippen molar-refractivity contribution in [1.82, 2.24) is 0 Å². The summed E-state index contributed by atoms with van der Waals surface area (Å²) in [4.78, 5) is 14.7. The van der Waals surface area contributed by atoms with Gasteiger partial charge in [0.2, 0.25) is 0 Å². The fourth-order valence-corrected chi connectivity index (χ4v) is 2.87. The fraction of sp³-hybridized carbons (Fsp3) is 0.278. The maximum Gasteiger partial charge on any atom is 0.258 e. The van der Waals surface area contributed by atoms with Crippen LogP contribution in [0.2, 0.25) is 0 Å². The number of nitrogens with zero attached hydrogens (tertiary/aromatic N) is 1. The highest BCUT2D eigenvalue weighted by atomic mass is 16.5. The first-order valence-corrected chi connectivity index (χ1v) is 7.35. The lowest BCUT2D eigenvalue weighted by Gasteiger charge is -2.22. The van der Waals surface area contributed by atoms with E-state index in [9.17, 15) is 4.79 Å². The lowest BCUT2D eigenvalue weighted by atomic mass is 10.1. The lowest BCUT2D eigenvalue weighted by molar-refractivity contribution is 0.0981. The molecule has 1 atom stereocenters. The Hall–Kier alpha value is -2.29. The molecule has 1 amide bonds. The van der Waals surface area contributed by atoms with Gasteiger partial charge in [-0.1, -0.05) is 18.2 Å². The summed E-state index contributed by atoms with van der Waals surface area (Å²) in [7, 11) is 0. The third-order valence-corrected chi connectivity index (χ3v) is 3.84. The van der Waals surface area contributed by atoms with Gasteiger partial charge in [0.05, 0.1) is 6.61 Å². The second-order valence-electron chi connectivity index (χ2n) is 5.31. The van der Waals surface area contributed by atoms with Crippen molar-refractivity contribution >= 4 is 11.6 Å². The Morgan fingerprint density at radius 1 is 1.19 bits per heavy atom. The van der Waals surface area contributed by atoms with Crippen LogP contribution in [-0.4, -0.2) is 18.6 Å². The van der Waals surface area contributed by atoms with Gasteiger partial charge in [0, 0.05) is 17.3 Å². The number of fused-ring (bicyclic) bond motifs is 1. The second-order valence-corrected chi connectivity index (χ2v) is 5.31. The molecule has 0 spiro atoms. The van der Waals surface area contributed by atoms with Gasteiger partial charge < -0.3 is 9.64 Å². The van der Waals surface area contributed by atoms with Gasteiger partial charge in [-0.15, -0.1) is 0 Å². The van der Waals surface area contributed by atoms with Crippen LogP contribution in [0.5, 0.6) is 5.75 Å². The first-order chi connectivity index (χ1) is 10.2. The summed E-state index contributed by atoms with van der Waals surface area (Å²) in [5, 5.41) is 0. The van der Waals surface area contributed by atoms with Crippen LogP contribution in [0.3, 0.4) is 0 Å². The average molecular weight is 281 g/mol. The van der Waals surface area contributed by atoms with E-state index in [-0.39, 0.29) is 11.9 Å². The summed E-state index contributed by atoms with van der Waals surface area (Å²) < 4.78 is 5.42. The van der Waals surface area contributed by atoms with Crippen LogP contribution in [0.15, 0.2) is 48.5 Å². The maximum absolute atomic E-state index is 12.8. The zero-order valence-electron chi connectivity index (χ0n) is 12.4. The van der Waals surface area contributed by atoms with Crippen LogP contribution < -0.4 is 9.64 Å². The predicted octanol–water partition coefficient (Wildman–Crippen LogP) is 3.68. The Balaban J connectivity index is 1.88. The Morgan fingerprint density at radius 2 is 1.90 bits per heavy atom. The van der Waals surface area contributed by atoms with Gasteiger partial charge >= 0.3 is 0 Å². The summed E-state index contributed by atoms with van der Waals surface area (Å²) >= 11 is 0. The molecule has 3 rings (SSSR count). The Labute approximate surface area is 125 Å². The molecule has 1 aliphatic heterocycles. The third kappa shape index (κ3) is 2.51. The van der Waals surface area contributed by atoms with Crippen molar-refractivity contribution in [2.75, 3.05) is 11.5 Å². The topological polar surface area (TPSA) is 29.5 Å². The van der Waals surface area contributed by atoms with Crippen molar-refractivity contribution in [3.05, 3.63) is 59.7 Å². The molecule has 1 unspecified atom stereocenters. The molecule has 108 valence electrons. The van der Waals surface area contributed by atoms with Crippen LogP contribution in [-0.2, 0) is 6.42 Å². The van der Waals surface area contributed by atoms with Crippen LogP contribution >= 0.6 is 0 Å². The highest BCUT2D eigenvalue weighted by Crippen LogP contribution is 2.33. The van der Waals surface area contributed by atoms with Crippen LogP contribution in [0, 0.1) is 0 Å². The van der Waals surface area contributed by atoms with Gasteiger partial charge in [-0.2, -0.15) is 0 Å². The molecule has 3 nitrogen and oxygen atoms in total. The van der Waals surface area contributed by atoms with Crippen molar-refractivity contribution in [2.45, 2.75) is 26.3 Å². The van der Waals surface area contributed by atoms with E-state index in [1.165, 1.54) is 5.56 Å². The van der Waals surface area contributed by atoms with E-state index in [0.29, 0.717) is 12.2 Å². The number of amides is 1. The van der Waals surface area contributed by atoms with Gasteiger partial charge in [0.1, 0.15) is 5.75 Å². The molecular formula is C18H19NO2. The summed E-state index contributed by atoms with van der Waals surface area (Å²) in [6.45, 7) is 4.66. The molecule has 0 aliphatic carbocycles. The normalized spacial score (nSPS) is 16.7. The minimum Gasteiger partial charge on any atom is -0.494 e. The van der Waals surface area contributed by atoms with Gasteiger partial charge in [-0.25, -0.2) is 0 Å². The number of hydrogen-bond acceptors (Lipinski definition) is 2. The van der Waals surface area contributed by atoms with Gasteiger partial charge in [-0.05, 0) is 56.2 Å². The van der Waals surface area contributed by atoms with Crippen molar-refractivity contribution < 1.29 is 9.53 Å². The van der Waals surface area contributed by atoms with E-state index in [4.69, 9.17) is 4.74 Å². The van der Waals surface area contributed by atoms with E-state index < -0.39 is 0 Å². The molecule has 0 N–H and O–H groups in total. The SMILES string of the molecule is CCOc1ccc(C(=O)N2c3ccccc3CC2C)cc1. The molecule has 2 aromatic rings. The highest BCUT2D eigenvalue weighted by Gasteiger charge is 2.31. The number of ether oxygens (including phenoxy) is 1. The molecular weight excluding hydrogens is 262 g/mol. The molecule has 1 heterocycles. The number of hydrogen-bond donors (Lipinski definition) is 0. The number of anilines is 1. The second kappa shape index (κ2) is 5.60. The summed E-state index contributed by atoms with van der Waals surface area (Å²) in [6, 6.07) is 15.7. The molecule has 0 fully saturated rings. The molecule has 0 aromatic heterocycles. The molecule has 0 saturated carbocycles. The number of benzene rings is 2. The van der Waals surface area contributed by atoms with E-state index in [1.54, 1.807) is 0 Å². The number of carbonyl (C=O) groups is 1. The van der Waals surface area contributed by atoms with E-state index in [2.05, 4.69) is 13.0 Å².